The van der Waals surface area contributed by atoms with E-state index in [-0.39, 0.29) is 0 Å². The Labute approximate surface area is 102 Å². The molecule has 0 radical (unpaired) electrons. The highest BCUT2D eigenvalue weighted by molar-refractivity contribution is 6.44. The van der Waals surface area contributed by atoms with Crippen molar-refractivity contribution in [1.82, 2.24) is 0 Å². The van der Waals surface area contributed by atoms with Crippen LogP contribution in [0.2, 0.25) is 6.04 Å². The van der Waals surface area contributed by atoms with Crippen molar-refractivity contribution in [2.24, 2.45) is 4.99 Å². The largest absolute Gasteiger partial charge is 0.397 e. The Bertz CT molecular complexity index is 180. The first-order chi connectivity index (χ1) is 7.74. The molecule has 0 unspecified atom stereocenters. The molecule has 0 heterocycles. The topological polar surface area (TPSA) is 30.8 Å². The summed E-state index contributed by atoms with van der Waals surface area (Å²) >= 11 is 0. The fourth-order valence-corrected chi connectivity index (χ4v) is 3.19. The standard InChI is InChI=1S/C12H27NO2Si/c1-5-12(4)13-10-8-9-11-16(14-6-2)15-7-3/h16H,5-11H2,1-4H3. The molecular weight excluding hydrogens is 218 g/mol. The molecule has 0 rings (SSSR count). The summed E-state index contributed by atoms with van der Waals surface area (Å²) in [6.07, 6.45) is 3.40. The van der Waals surface area contributed by atoms with Gasteiger partial charge in [-0.1, -0.05) is 6.92 Å². The van der Waals surface area contributed by atoms with Gasteiger partial charge in [-0.25, -0.2) is 0 Å². The first-order valence-electron chi connectivity index (χ1n) is 6.47. The smallest absolute Gasteiger partial charge is 0.321 e. The predicted octanol–water partition coefficient (Wildman–Crippen LogP) is 2.93. The highest BCUT2D eigenvalue weighted by Crippen LogP contribution is 2.05. The van der Waals surface area contributed by atoms with Crippen LogP contribution in [0.25, 0.3) is 0 Å². The lowest BCUT2D eigenvalue weighted by molar-refractivity contribution is 0.212. The first-order valence-corrected chi connectivity index (χ1v) is 8.23. The minimum atomic E-state index is -1.36. The maximum Gasteiger partial charge on any atom is 0.321 e. The van der Waals surface area contributed by atoms with Crippen LogP contribution in [0.3, 0.4) is 0 Å². The molecule has 0 aliphatic rings. The van der Waals surface area contributed by atoms with Gasteiger partial charge in [0.2, 0.25) is 0 Å². The highest BCUT2D eigenvalue weighted by atomic mass is 28.3. The van der Waals surface area contributed by atoms with Crippen molar-refractivity contribution < 1.29 is 8.85 Å². The van der Waals surface area contributed by atoms with Crippen LogP contribution in [0.4, 0.5) is 0 Å². The normalized spacial score (nSPS) is 12.4. The Kier molecular flexibility index (Phi) is 11.2. The maximum atomic E-state index is 5.61. The van der Waals surface area contributed by atoms with Gasteiger partial charge in [0, 0.05) is 25.5 Å². The molecule has 0 spiro atoms. The van der Waals surface area contributed by atoms with Crippen LogP contribution >= 0.6 is 0 Å². The van der Waals surface area contributed by atoms with Crippen molar-refractivity contribution in [3.05, 3.63) is 0 Å². The van der Waals surface area contributed by atoms with Crippen LogP contribution in [0.15, 0.2) is 4.99 Å². The molecule has 0 aromatic rings. The number of rotatable bonds is 10. The number of nitrogens with zero attached hydrogens (tertiary/aromatic N) is 1. The molecule has 4 heteroatoms. The second-order valence-electron chi connectivity index (χ2n) is 3.81. The van der Waals surface area contributed by atoms with E-state index in [9.17, 15) is 0 Å². The lowest BCUT2D eigenvalue weighted by Gasteiger charge is -2.13. The molecule has 0 fully saturated rings. The van der Waals surface area contributed by atoms with Gasteiger partial charge in [-0.05, 0) is 46.1 Å². The molecule has 0 aromatic carbocycles. The van der Waals surface area contributed by atoms with Crippen LogP contribution in [0.5, 0.6) is 0 Å². The Morgan fingerprint density at radius 1 is 1.06 bits per heavy atom. The molecule has 3 nitrogen and oxygen atoms in total. The molecule has 0 aliphatic carbocycles. The van der Waals surface area contributed by atoms with Crippen LogP contribution in [0.1, 0.15) is 47.0 Å². The molecule has 0 aromatic heterocycles. The molecular formula is C12H27NO2Si. The SMILES string of the molecule is CCO[SiH](CCCCN=C(C)CC)OCC. The molecule has 0 bridgehead atoms. The summed E-state index contributed by atoms with van der Waals surface area (Å²) in [5, 5.41) is 0. The van der Waals surface area contributed by atoms with Gasteiger partial charge in [-0.2, -0.15) is 0 Å². The fourth-order valence-electron chi connectivity index (χ4n) is 1.39. The summed E-state index contributed by atoms with van der Waals surface area (Å²) in [6.45, 7) is 10.8. The Balaban J connectivity index is 3.53. The lowest BCUT2D eigenvalue weighted by Crippen LogP contribution is -2.22. The van der Waals surface area contributed by atoms with Crippen molar-refractivity contribution in [3.63, 3.8) is 0 Å². The van der Waals surface area contributed by atoms with Crippen molar-refractivity contribution in [3.8, 4) is 0 Å². The van der Waals surface area contributed by atoms with Gasteiger partial charge in [0.15, 0.2) is 0 Å². The second kappa shape index (κ2) is 11.3. The van der Waals surface area contributed by atoms with E-state index in [2.05, 4.69) is 18.8 Å². The van der Waals surface area contributed by atoms with Crippen LogP contribution in [-0.2, 0) is 8.85 Å². The average Bonchev–Trinajstić information content (AvgIpc) is 2.28. The monoisotopic (exact) mass is 245 g/mol. The van der Waals surface area contributed by atoms with Crippen molar-refractivity contribution >= 4 is 15.0 Å². The van der Waals surface area contributed by atoms with E-state index in [1.54, 1.807) is 0 Å². The van der Waals surface area contributed by atoms with Gasteiger partial charge in [0.25, 0.3) is 0 Å². The lowest BCUT2D eigenvalue weighted by atomic mass is 10.3. The maximum absolute atomic E-state index is 5.61. The molecule has 0 amide bonds. The van der Waals surface area contributed by atoms with Gasteiger partial charge in [-0.3, -0.25) is 4.99 Å². The summed E-state index contributed by atoms with van der Waals surface area (Å²) in [5.74, 6) is 0. The summed E-state index contributed by atoms with van der Waals surface area (Å²) in [4.78, 5) is 4.48. The van der Waals surface area contributed by atoms with Gasteiger partial charge in [-0.15, -0.1) is 0 Å². The quantitative estimate of drug-likeness (QED) is 0.336. The molecule has 96 valence electrons. The Hall–Kier alpha value is -0.193. The summed E-state index contributed by atoms with van der Waals surface area (Å²) in [5.41, 5.74) is 1.25. The van der Waals surface area contributed by atoms with Crippen molar-refractivity contribution in [2.75, 3.05) is 19.8 Å². The minimum Gasteiger partial charge on any atom is -0.397 e. The number of unbranched alkanes of at least 4 members (excludes halogenated alkanes) is 1. The zero-order valence-electron chi connectivity index (χ0n) is 11.3. The number of hydrogen-bond donors (Lipinski definition) is 0. The summed E-state index contributed by atoms with van der Waals surface area (Å²) in [6, 6.07) is 1.11. The van der Waals surface area contributed by atoms with Gasteiger partial charge in [0.1, 0.15) is 0 Å². The third-order valence-corrected chi connectivity index (χ3v) is 4.74. The van der Waals surface area contributed by atoms with Crippen LogP contribution in [-0.4, -0.2) is 34.8 Å². The third kappa shape index (κ3) is 9.06. The molecule has 0 saturated heterocycles. The molecule has 0 atom stereocenters. The summed E-state index contributed by atoms with van der Waals surface area (Å²) < 4.78 is 11.2. The fraction of sp³-hybridized carbons (Fsp3) is 0.917. The average molecular weight is 245 g/mol. The van der Waals surface area contributed by atoms with E-state index in [0.29, 0.717) is 0 Å². The molecule has 0 aliphatic heterocycles. The van der Waals surface area contributed by atoms with E-state index in [4.69, 9.17) is 8.85 Å². The van der Waals surface area contributed by atoms with E-state index >= 15 is 0 Å². The van der Waals surface area contributed by atoms with Crippen molar-refractivity contribution in [1.29, 1.82) is 0 Å². The summed E-state index contributed by atoms with van der Waals surface area (Å²) in [7, 11) is -1.36. The number of hydrogen-bond acceptors (Lipinski definition) is 3. The second-order valence-corrected chi connectivity index (χ2v) is 5.91. The van der Waals surface area contributed by atoms with Crippen LogP contribution < -0.4 is 0 Å². The van der Waals surface area contributed by atoms with E-state index in [1.165, 1.54) is 12.1 Å². The Morgan fingerprint density at radius 3 is 2.19 bits per heavy atom. The van der Waals surface area contributed by atoms with Crippen molar-refractivity contribution in [2.45, 2.75) is 53.0 Å². The first kappa shape index (κ1) is 15.8. The number of aliphatic imine (C=N–C) groups is 1. The van der Waals surface area contributed by atoms with E-state index in [0.717, 1.165) is 38.6 Å². The minimum absolute atomic E-state index is 0.782. The zero-order valence-corrected chi connectivity index (χ0v) is 12.4. The molecule has 0 saturated carbocycles. The van der Waals surface area contributed by atoms with E-state index in [1.807, 2.05) is 13.8 Å². The van der Waals surface area contributed by atoms with Gasteiger partial charge in [0.05, 0.1) is 0 Å². The molecule has 0 N–H and O–H groups in total. The zero-order chi connectivity index (χ0) is 12.2. The third-order valence-electron chi connectivity index (χ3n) is 2.45. The molecule has 16 heavy (non-hydrogen) atoms. The van der Waals surface area contributed by atoms with E-state index < -0.39 is 9.28 Å². The van der Waals surface area contributed by atoms with Gasteiger partial charge < -0.3 is 8.85 Å². The predicted molar refractivity (Wildman–Crippen MR) is 72.7 cm³/mol. The Morgan fingerprint density at radius 2 is 1.69 bits per heavy atom. The van der Waals surface area contributed by atoms with Gasteiger partial charge >= 0.3 is 9.28 Å². The van der Waals surface area contributed by atoms with Crippen LogP contribution in [0, 0.1) is 0 Å². The highest BCUT2D eigenvalue weighted by Gasteiger charge is 2.10.